The second-order valence-electron chi connectivity index (χ2n) is 3.32. The average Bonchev–Trinajstić information content (AvgIpc) is 2.64. The zero-order valence-corrected chi connectivity index (χ0v) is 11.7. The molecule has 0 aliphatic carbocycles. The lowest BCUT2D eigenvalue weighted by molar-refractivity contribution is 0.893. The van der Waals surface area contributed by atoms with Gasteiger partial charge in [-0.2, -0.15) is 0 Å². The van der Waals surface area contributed by atoms with Crippen LogP contribution in [0.25, 0.3) is 0 Å². The molecule has 3 nitrogen and oxygen atoms in total. The van der Waals surface area contributed by atoms with Gasteiger partial charge in [-0.25, -0.2) is 4.98 Å². The quantitative estimate of drug-likeness (QED) is 0.866. The van der Waals surface area contributed by atoms with E-state index in [-0.39, 0.29) is 0 Å². The molecular formula is C10H9BrClN3S. The zero-order chi connectivity index (χ0) is 11.5. The van der Waals surface area contributed by atoms with Crippen molar-refractivity contribution in [3.8, 4) is 0 Å². The minimum absolute atomic E-state index is 0.413. The second-order valence-corrected chi connectivity index (χ2v) is 5.99. The van der Waals surface area contributed by atoms with E-state index in [0.29, 0.717) is 5.15 Å². The van der Waals surface area contributed by atoms with Gasteiger partial charge in [0.1, 0.15) is 11.0 Å². The monoisotopic (exact) mass is 317 g/mol. The van der Waals surface area contributed by atoms with Crippen molar-refractivity contribution in [2.24, 2.45) is 0 Å². The SMILES string of the molecule is CN(Cc1csc(Br)c1)c1cncc(Cl)n1. The smallest absolute Gasteiger partial charge is 0.149 e. The molecule has 84 valence electrons. The molecule has 0 amide bonds. The first-order valence-corrected chi connectivity index (χ1v) is 6.62. The van der Waals surface area contributed by atoms with E-state index in [4.69, 9.17) is 11.6 Å². The van der Waals surface area contributed by atoms with Gasteiger partial charge in [-0.15, -0.1) is 11.3 Å². The number of hydrogen-bond donors (Lipinski definition) is 0. The standard InChI is InChI=1S/C10H9BrClN3S/c1-15(5-7-2-8(11)16-6-7)10-4-13-3-9(12)14-10/h2-4,6H,5H2,1H3. The Bertz CT molecular complexity index is 488. The van der Waals surface area contributed by atoms with Crippen LogP contribution in [0.1, 0.15) is 5.56 Å². The molecule has 0 saturated carbocycles. The predicted molar refractivity (Wildman–Crippen MR) is 71.2 cm³/mol. The zero-order valence-electron chi connectivity index (χ0n) is 8.52. The molecule has 2 aromatic heterocycles. The second kappa shape index (κ2) is 5.12. The summed E-state index contributed by atoms with van der Waals surface area (Å²) in [5.41, 5.74) is 1.24. The van der Waals surface area contributed by atoms with Crippen LogP contribution < -0.4 is 4.90 Å². The molecule has 0 spiro atoms. The fourth-order valence-corrected chi connectivity index (χ4v) is 2.64. The fourth-order valence-electron chi connectivity index (χ4n) is 1.30. The summed E-state index contributed by atoms with van der Waals surface area (Å²) in [6.45, 7) is 0.789. The normalized spacial score (nSPS) is 10.4. The summed E-state index contributed by atoms with van der Waals surface area (Å²) in [5, 5.41) is 2.52. The van der Waals surface area contributed by atoms with Gasteiger partial charge < -0.3 is 4.90 Å². The first kappa shape index (κ1) is 11.8. The van der Waals surface area contributed by atoms with E-state index in [9.17, 15) is 0 Å². The van der Waals surface area contributed by atoms with E-state index in [1.807, 2.05) is 11.9 Å². The Morgan fingerprint density at radius 1 is 1.50 bits per heavy atom. The van der Waals surface area contributed by atoms with Crippen LogP contribution in [0.2, 0.25) is 5.15 Å². The summed E-state index contributed by atoms with van der Waals surface area (Å²) in [7, 11) is 1.96. The number of anilines is 1. The lowest BCUT2D eigenvalue weighted by atomic mass is 10.3. The Kier molecular flexibility index (Phi) is 3.78. The molecule has 0 fully saturated rings. The Morgan fingerprint density at radius 2 is 2.31 bits per heavy atom. The maximum absolute atomic E-state index is 5.79. The van der Waals surface area contributed by atoms with E-state index >= 15 is 0 Å². The number of rotatable bonds is 3. The highest BCUT2D eigenvalue weighted by Gasteiger charge is 2.06. The third-order valence-corrected chi connectivity index (χ3v) is 3.76. The molecule has 16 heavy (non-hydrogen) atoms. The molecule has 0 bridgehead atoms. The maximum atomic E-state index is 5.79. The van der Waals surface area contributed by atoms with E-state index in [0.717, 1.165) is 16.1 Å². The molecule has 0 aromatic carbocycles. The van der Waals surface area contributed by atoms with Crippen molar-refractivity contribution >= 4 is 44.7 Å². The minimum atomic E-state index is 0.413. The third-order valence-electron chi connectivity index (χ3n) is 2.03. The van der Waals surface area contributed by atoms with Crippen LogP contribution in [0.5, 0.6) is 0 Å². The molecule has 0 atom stereocenters. The fraction of sp³-hybridized carbons (Fsp3) is 0.200. The Labute approximate surface area is 111 Å². The molecule has 2 rings (SSSR count). The van der Waals surface area contributed by atoms with Gasteiger partial charge in [0.25, 0.3) is 0 Å². The van der Waals surface area contributed by atoms with Crippen LogP contribution in [-0.2, 0) is 6.54 Å². The molecule has 0 radical (unpaired) electrons. The van der Waals surface area contributed by atoms with E-state index < -0.39 is 0 Å². The van der Waals surface area contributed by atoms with Crippen LogP contribution in [0.3, 0.4) is 0 Å². The van der Waals surface area contributed by atoms with Gasteiger partial charge in [0.15, 0.2) is 0 Å². The largest absolute Gasteiger partial charge is 0.354 e. The van der Waals surface area contributed by atoms with E-state index in [1.165, 1.54) is 11.8 Å². The number of nitrogens with zero attached hydrogens (tertiary/aromatic N) is 3. The van der Waals surface area contributed by atoms with E-state index in [2.05, 4.69) is 37.3 Å². The van der Waals surface area contributed by atoms with E-state index in [1.54, 1.807) is 17.5 Å². The van der Waals surface area contributed by atoms with Crippen molar-refractivity contribution in [1.29, 1.82) is 0 Å². The van der Waals surface area contributed by atoms with Crippen molar-refractivity contribution < 1.29 is 0 Å². The lowest BCUT2D eigenvalue weighted by Crippen LogP contribution is -2.17. The first-order chi connectivity index (χ1) is 7.65. The Morgan fingerprint density at radius 3 is 2.94 bits per heavy atom. The van der Waals surface area contributed by atoms with Crippen molar-refractivity contribution in [2.45, 2.75) is 6.54 Å². The van der Waals surface area contributed by atoms with Gasteiger partial charge in [0, 0.05) is 13.6 Å². The molecule has 6 heteroatoms. The van der Waals surface area contributed by atoms with Crippen LogP contribution in [0, 0.1) is 0 Å². The third kappa shape index (κ3) is 2.93. The summed E-state index contributed by atoms with van der Waals surface area (Å²) in [6.07, 6.45) is 3.23. The van der Waals surface area contributed by atoms with Crippen LogP contribution in [0.4, 0.5) is 5.82 Å². The predicted octanol–water partition coefficient (Wildman–Crippen LogP) is 3.59. The topological polar surface area (TPSA) is 29.0 Å². The average molecular weight is 319 g/mol. The van der Waals surface area contributed by atoms with Gasteiger partial charge in [-0.1, -0.05) is 11.6 Å². The van der Waals surface area contributed by atoms with Crippen molar-refractivity contribution in [2.75, 3.05) is 11.9 Å². The van der Waals surface area contributed by atoms with Gasteiger partial charge in [0.2, 0.25) is 0 Å². The van der Waals surface area contributed by atoms with Gasteiger partial charge in [-0.3, -0.25) is 4.98 Å². The highest BCUT2D eigenvalue weighted by Crippen LogP contribution is 2.22. The molecule has 0 aliphatic rings. The van der Waals surface area contributed by atoms with Crippen molar-refractivity contribution in [3.05, 3.63) is 38.3 Å². The molecule has 2 aromatic rings. The molecular weight excluding hydrogens is 310 g/mol. The summed E-state index contributed by atoms with van der Waals surface area (Å²) in [6, 6.07) is 2.10. The Hall–Kier alpha value is -0.650. The highest BCUT2D eigenvalue weighted by atomic mass is 79.9. The number of thiophene rings is 1. The molecule has 0 saturated heterocycles. The van der Waals surface area contributed by atoms with Crippen LogP contribution in [-0.4, -0.2) is 17.0 Å². The molecule has 2 heterocycles. The van der Waals surface area contributed by atoms with Crippen LogP contribution >= 0.6 is 38.9 Å². The van der Waals surface area contributed by atoms with Crippen LogP contribution in [0.15, 0.2) is 27.6 Å². The number of halogens is 2. The Balaban J connectivity index is 2.11. The van der Waals surface area contributed by atoms with Gasteiger partial charge in [-0.05, 0) is 32.9 Å². The summed E-state index contributed by atoms with van der Waals surface area (Å²) < 4.78 is 1.13. The highest BCUT2D eigenvalue weighted by molar-refractivity contribution is 9.11. The maximum Gasteiger partial charge on any atom is 0.149 e. The number of hydrogen-bond acceptors (Lipinski definition) is 4. The summed E-state index contributed by atoms with van der Waals surface area (Å²) >= 11 is 10.9. The molecule has 0 N–H and O–H groups in total. The van der Waals surface area contributed by atoms with Crippen molar-refractivity contribution in [3.63, 3.8) is 0 Å². The molecule has 0 aliphatic heterocycles. The van der Waals surface area contributed by atoms with Gasteiger partial charge in [0.05, 0.1) is 16.2 Å². The summed E-state index contributed by atoms with van der Waals surface area (Å²) in [4.78, 5) is 10.2. The molecule has 0 unspecified atom stereocenters. The summed E-state index contributed by atoms with van der Waals surface area (Å²) in [5.74, 6) is 0.773. The van der Waals surface area contributed by atoms with Gasteiger partial charge >= 0.3 is 0 Å². The minimum Gasteiger partial charge on any atom is -0.354 e. The number of aromatic nitrogens is 2. The lowest BCUT2D eigenvalue weighted by Gasteiger charge is -2.16. The van der Waals surface area contributed by atoms with Crippen molar-refractivity contribution in [1.82, 2.24) is 9.97 Å². The first-order valence-electron chi connectivity index (χ1n) is 4.57.